The lowest BCUT2D eigenvalue weighted by Gasteiger charge is -2.14. The van der Waals surface area contributed by atoms with Crippen LogP contribution in [0.5, 0.6) is 0 Å². The van der Waals surface area contributed by atoms with Crippen molar-refractivity contribution in [3.05, 3.63) is 0 Å². The number of urea groups is 1. The second kappa shape index (κ2) is 5.65. The Morgan fingerprint density at radius 1 is 1.41 bits per heavy atom. The fraction of sp³-hybridized carbons (Fsp3) is 0.727. The molecule has 1 aliphatic heterocycles. The molecular weight excluding hydrogens is 224 g/mol. The molecule has 0 saturated carbocycles. The Balaban J connectivity index is 2.29. The molecule has 0 N–H and O–H groups in total. The molecule has 3 amide bonds. The van der Waals surface area contributed by atoms with E-state index in [2.05, 4.69) is 0 Å². The molecule has 1 rings (SSSR count). The third-order valence-corrected chi connectivity index (χ3v) is 2.36. The monoisotopic (exact) mass is 242 g/mol. The van der Waals surface area contributed by atoms with Crippen LogP contribution in [0.25, 0.3) is 0 Å². The highest BCUT2D eigenvalue weighted by Crippen LogP contribution is 2.09. The van der Waals surface area contributed by atoms with Crippen molar-refractivity contribution in [3.8, 4) is 0 Å². The second-order valence-electron chi connectivity index (χ2n) is 4.33. The first-order chi connectivity index (χ1) is 7.91. The van der Waals surface area contributed by atoms with Gasteiger partial charge < -0.3 is 9.64 Å². The van der Waals surface area contributed by atoms with Crippen molar-refractivity contribution in [1.82, 2.24) is 9.80 Å². The van der Waals surface area contributed by atoms with Gasteiger partial charge in [0, 0.05) is 20.0 Å². The summed E-state index contributed by atoms with van der Waals surface area (Å²) in [5.41, 5.74) is 0. The zero-order valence-corrected chi connectivity index (χ0v) is 10.4. The first kappa shape index (κ1) is 13.5. The van der Waals surface area contributed by atoms with E-state index < -0.39 is 0 Å². The molecule has 0 bridgehead atoms. The molecule has 0 spiro atoms. The summed E-state index contributed by atoms with van der Waals surface area (Å²) in [6, 6.07) is -0.299. The number of nitrogens with zero attached hydrogens (tertiary/aromatic N) is 2. The number of likely N-dealkylation sites (N-methyl/N-ethyl adjacent to an activating group) is 1. The maximum absolute atomic E-state index is 11.5. The van der Waals surface area contributed by atoms with Gasteiger partial charge in [0.15, 0.2) is 0 Å². The molecule has 0 aromatic heterocycles. The Labute approximate surface area is 101 Å². The van der Waals surface area contributed by atoms with Crippen molar-refractivity contribution in [2.75, 3.05) is 20.1 Å². The van der Waals surface area contributed by atoms with Crippen LogP contribution in [0.3, 0.4) is 0 Å². The van der Waals surface area contributed by atoms with Gasteiger partial charge in [0.1, 0.15) is 6.54 Å². The first-order valence-corrected chi connectivity index (χ1v) is 5.66. The Hall–Kier alpha value is -1.59. The average molecular weight is 242 g/mol. The number of rotatable bonds is 5. The van der Waals surface area contributed by atoms with Gasteiger partial charge >= 0.3 is 12.0 Å². The minimum atomic E-state index is -0.299. The van der Waals surface area contributed by atoms with Crippen molar-refractivity contribution in [1.29, 1.82) is 0 Å². The van der Waals surface area contributed by atoms with Gasteiger partial charge in [-0.1, -0.05) is 0 Å². The van der Waals surface area contributed by atoms with Crippen molar-refractivity contribution in [2.45, 2.75) is 32.8 Å². The van der Waals surface area contributed by atoms with E-state index in [0.717, 1.165) is 0 Å². The van der Waals surface area contributed by atoms with Crippen LogP contribution in [0.1, 0.15) is 26.7 Å². The summed E-state index contributed by atoms with van der Waals surface area (Å²) >= 11 is 0. The zero-order valence-electron chi connectivity index (χ0n) is 10.4. The summed E-state index contributed by atoms with van der Waals surface area (Å²) in [6.07, 6.45) is 0.527. The molecule has 0 radical (unpaired) electrons. The van der Waals surface area contributed by atoms with E-state index in [1.807, 2.05) is 0 Å². The van der Waals surface area contributed by atoms with Crippen LogP contribution in [-0.4, -0.2) is 53.9 Å². The molecule has 0 aromatic rings. The Morgan fingerprint density at radius 2 is 2.06 bits per heavy atom. The molecule has 0 aliphatic carbocycles. The van der Waals surface area contributed by atoms with E-state index in [0.29, 0.717) is 6.42 Å². The highest BCUT2D eigenvalue weighted by molar-refractivity contribution is 6.01. The highest BCUT2D eigenvalue weighted by atomic mass is 16.5. The van der Waals surface area contributed by atoms with Crippen LogP contribution in [0, 0.1) is 0 Å². The Kier molecular flexibility index (Phi) is 4.48. The van der Waals surface area contributed by atoms with Crippen molar-refractivity contribution >= 4 is 17.9 Å². The largest absolute Gasteiger partial charge is 0.463 e. The van der Waals surface area contributed by atoms with Gasteiger partial charge in [-0.05, 0) is 20.3 Å². The van der Waals surface area contributed by atoms with Crippen molar-refractivity contribution in [2.24, 2.45) is 0 Å². The van der Waals surface area contributed by atoms with Gasteiger partial charge in [0.25, 0.3) is 0 Å². The molecule has 0 aromatic carbocycles. The van der Waals surface area contributed by atoms with Crippen LogP contribution in [0.15, 0.2) is 0 Å². The maximum Gasteiger partial charge on any atom is 0.326 e. The quantitative estimate of drug-likeness (QED) is 0.523. The third-order valence-electron chi connectivity index (χ3n) is 2.36. The first-order valence-electron chi connectivity index (χ1n) is 5.66. The maximum atomic E-state index is 11.5. The molecule has 1 aliphatic rings. The minimum Gasteiger partial charge on any atom is -0.463 e. The van der Waals surface area contributed by atoms with Crippen LogP contribution in [0.4, 0.5) is 4.79 Å². The Morgan fingerprint density at radius 3 is 2.53 bits per heavy atom. The summed E-state index contributed by atoms with van der Waals surface area (Å²) in [5.74, 6) is -0.512. The number of imide groups is 1. The number of carbonyl (C=O) groups excluding carboxylic acids is 3. The van der Waals surface area contributed by atoms with Gasteiger partial charge in [-0.3, -0.25) is 14.5 Å². The summed E-state index contributed by atoms with van der Waals surface area (Å²) in [4.78, 5) is 36.6. The van der Waals surface area contributed by atoms with E-state index in [4.69, 9.17) is 4.74 Å². The summed E-state index contributed by atoms with van der Waals surface area (Å²) in [7, 11) is 1.58. The van der Waals surface area contributed by atoms with E-state index >= 15 is 0 Å². The van der Waals surface area contributed by atoms with E-state index in [1.54, 1.807) is 20.9 Å². The third kappa shape index (κ3) is 3.72. The zero-order chi connectivity index (χ0) is 13.0. The van der Waals surface area contributed by atoms with Gasteiger partial charge in [-0.2, -0.15) is 0 Å². The molecule has 0 atom stereocenters. The summed E-state index contributed by atoms with van der Waals surface area (Å²) in [5, 5.41) is 0. The molecule has 1 saturated heterocycles. The fourth-order valence-electron chi connectivity index (χ4n) is 1.59. The number of hydrogen-bond donors (Lipinski definition) is 0. The van der Waals surface area contributed by atoms with Gasteiger partial charge in [0.2, 0.25) is 5.91 Å². The van der Waals surface area contributed by atoms with E-state index in [-0.39, 0.29) is 43.5 Å². The smallest absolute Gasteiger partial charge is 0.326 e. The summed E-state index contributed by atoms with van der Waals surface area (Å²) < 4.78 is 4.95. The molecule has 1 heterocycles. The predicted octanol–water partition coefficient (Wildman–Crippen LogP) is 0.612. The molecule has 1 fully saturated rings. The lowest BCUT2D eigenvalue weighted by Crippen LogP contribution is -2.32. The standard InChI is InChI=1S/C11H18N2O4/c1-8(2)17-10(15)5-4-6-13-9(14)7-12(3)11(13)16/h8H,4-7H2,1-3H3. The predicted molar refractivity (Wildman–Crippen MR) is 60.2 cm³/mol. The molecule has 17 heavy (non-hydrogen) atoms. The molecule has 6 heteroatoms. The topological polar surface area (TPSA) is 66.9 Å². The number of carbonyl (C=O) groups is 3. The second-order valence-corrected chi connectivity index (χ2v) is 4.33. The highest BCUT2D eigenvalue weighted by Gasteiger charge is 2.32. The van der Waals surface area contributed by atoms with E-state index in [9.17, 15) is 14.4 Å². The van der Waals surface area contributed by atoms with Crippen LogP contribution in [0.2, 0.25) is 0 Å². The van der Waals surface area contributed by atoms with E-state index in [1.165, 1.54) is 9.80 Å². The molecular formula is C11H18N2O4. The normalized spacial score (nSPS) is 16.0. The summed E-state index contributed by atoms with van der Waals surface area (Å²) in [6.45, 7) is 3.95. The van der Waals surface area contributed by atoms with Crippen molar-refractivity contribution < 1.29 is 19.1 Å². The van der Waals surface area contributed by atoms with Gasteiger partial charge in [0.05, 0.1) is 6.10 Å². The van der Waals surface area contributed by atoms with Crippen LogP contribution >= 0.6 is 0 Å². The fourth-order valence-corrected chi connectivity index (χ4v) is 1.59. The molecule has 6 nitrogen and oxygen atoms in total. The number of esters is 1. The number of ether oxygens (including phenoxy) is 1. The van der Waals surface area contributed by atoms with Gasteiger partial charge in [-0.25, -0.2) is 4.79 Å². The Bertz CT molecular complexity index is 327. The molecule has 0 unspecified atom stereocenters. The lowest BCUT2D eigenvalue weighted by atomic mass is 10.3. The average Bonchev–Trinajstić information content (AvgIpc) is 2.43. The van der Waals surface area contributed by atoms with Gasteiger partial charge in [-0.15, -0.1) is 0 Å². The van der Waals surface area contributed by atoms with Crippen LogP contribution in [-0.2, 0) is 14.3 Å². The van der Waals surface area contributed by atoms with Crippen LogP contribution < -0.4 is 0 Å². The molecule has 96 valence electrons. The number of amides is 3. The van der Waals surface area contributed by atoms with Crippen molar-refractivity contribution in [3.63, 3.8) is 0 Å². The number of hydrogen-bond acceptors (Lipinski definition) is 4. The minimum absolute atomic E-state index is 0.120. The lowest BCUT2D eigenvalue weighted by molar-refractivity contribution is -0.147. The SMILES string of the molecule is CC(C)OC(=O)CCCN1C(=O)CN(C)C1=O.